The number of hydrogen-bond donors (Lipinski definition) is 1. The van der Waals surface area contributed by atoms with Crippen LogP contribution in [0.4, 0.5) is 10.1 Å². The van der Waals surface area contributed by atoms with Gasteiger partial charge in [-0.25, -0.2) is 4.39 Å². The molecule has 0 aromatic heterocycles. The molecule has 0 spiro atoms. The van der Waals surface area contributed by atoms with Crippen molar-refractivity contribution in [3.8, 4) is 0 Å². The molecule has 0 aliphatic heterocycles. The fraction of sp³-hybridized carbons (Fsp3) is 0.200. The molecule has 0 heterocycles. The molecule has 1 atom stereocenters. The van der Waals surface area contributed by atoms with Crippen molar-refractivity contribution in [3.05, 3.63) is 58.9 Å². The summed E-state index contributed by atoms with van der Waals surface area (Å²) in [4.78, 5) is 0.786. The zero-order valence-corrected chi connectivity index (χ0v) is 11.8. The molecule has 0 radical (unpaired) electrons. The van der Waals surface area contributed by atoms with Gasteiger partial charge in [-0.05, 0) is 49.2 Å². The summed E-state index contributed by atoms with van der Waals surface area (Å²) in [7, 11) is -1.19. The minimum atomic E-state index is -1.19. The normalized spacial score (nSPS) is 12.4. The van der Waals surface area contributed by atoms with Crippen molar-refractivity contribution in [1.82, 2.24) is 0 Å². The summed E-state index contributed by atoms with van der Waals surface area (Å²) in [6.07, 6.45) is 0. The van der Waals surface area contributed by atoms with E-state index >= 15 is 0 Å². The van der Waals surface area contributed by atoms with Crippen molar-refractivity contribution in [3.63, 3.8) is 0 Å². The first-order chi connectivity index (χ1) is 8.95. The highest BCUT2D eigenvalue weighted by molar-refractivity contribution is 7.84. The van der Waals surface area contributed by atoms with Gasteiger partial charge < -0.3 is 5.73 Å². The van der Waals surface area contributed by atoms with Crippen LogP contribution in [0.1, 0.15) is 16.7 Å². The summed E-state index contributed by atoms with van der Waals surface area (Å²) in [6.45, 7) is 3.92. The summed E-state index contributed by atoms with van der Waals surface area (Å²) >= 11 is 0. The lowest BCUT2D eigenvalue weighted by molar-refractivity contribution is 0.627. The van der Waals surface area contributed by atoms with E-state index < -0.39 is 16.6 Å². The molecule has 19 heavy (non-hydrogen) atoms. The number of rotatable bonds is 3. The van der Waals surface area contributed by atoms with E-state index in [4.69, 9.17) is 5.73 Å². The first-order valence-corrected chi connectivity index (χ1v) is 7.28. The van der Waals surface area contributed by atoms with Gasteiger partial charge in [0.2, 0.25) is 0 Å². The van der Waals surface area contributed by atoms with Gasteiger partial charge in [0.15, 0.2) is 0 Å². The largest absolute Gasteiger partial charge is 0.399 e. The Labute approximate surface area is 114 Å². The highest BCUT2D eigenvalue weighted by atomic mass is 32.2. The topological polar surface area (TPSA) is 43.1 Å². The fourth-order valence-corrected chi connectivity index (χ4v) is 3.31. The van der Waals surface area contributed by atoms with Crippen molar-refractivity contribution in [2.24, 2.45) is 0 Å². The van der Waals surface area contributed by atoms with Crippen molar-refractivity contribution in [2.75, 3.05) is 5.73 Å². The molecule has 0 bridgehead atoms. The average molecular weight is 277 g/mol. The van der Waals surface area contributed by atoms with Gasteiger partial charge in [-0.15, -0.1) is 0 Å². The van der Waals surface area contributed by atoms with Gasteiger partial charge in [0.25, 0.3) is 0 Å². The SMILES string of the molecule is Cc1ccc(S(=O)Cc2cc(N)cc(F)c2)c(C)c1. The van der Waals surface area contributed by atoms with Gasteiger partial charge in [-0.3, -0.25) is 4.21 Å². The minimum Gasteiger partial charge on any atom is -0.399 e. The quantitative estimate of drug-likeness (QED) is 0.874. The highest BCUT2D eigenvalue weighted by Gasteiger charge is 2.09. The van der Waals surface area contributed by atoms with E-state index in [9.17, 15) is 8.60 Å². The van der Waals surface area contributed by atoms with Crippen LogP contribution < -0.4 is 5.73 Å². The van der Waals surface area contributed by atoms with Crippen LogP contribution in [0.3, 0.4) is 0 Å². The number of benzene rings is 2. The third kappa shape index (κ3) is 3.41. The maximum Gasteiger partial charge on any atom is 0.125 e. The van der Waals surface area contributed by atoms with Crippen LogP contribution in [0, 0.1) is 19.7 Å². The van der Waals surface area contributed by atoms with Crippen molar-refractivity contribution >= 4 is 16.5 Å². The number of hydrogen-bond acceptors (Lipinski definition) is 2. The predicted molar refractivity (Wildman–Crippen MR) is 76.8 cm³/mol. The van der Waals surface area contributed by atoms with Crippen LogP contribution in [-0.2, 0) is 16.6 Å². The zero-order valence-electron chi connectivity index (χ0n) is 10.9. The number of anilines is 1. The summed E-state index contributed by atoms with van der Waals surface area (Å²) in [5, 5.41) is 0. The first-order valence-electron chi connectivity index (χ1n) is 5.96. The van der Waals surface area contributed by atoms with Crippen LogP contribution in [-0.4, -0.2) is 4.21 Å². The molecule has 2 aromatic rings. The lowest BCUT2D eigenvalue weighted by atomic mass is 10.2. The first kappa shape index (κ1) is 13.7. The maximum absolute atomic E-state index is 13.2. The Balaban J connectivity index is 2.25. The molecule has 1 unspecified atom stereocenters. The summed E-state index contributed by atoms with van der Waals surface area (Å²) in [6, 6.07) is 10.1. The van der Waals surface area contributed by atoms with Crippen molar-refractivity contribution in [2.45, 2.75) is 24.5 Å². The molecule has 4 heteroatoms. The molecule has 0 saturated carbocycles. The molecule has 2 nitrogen and oxygen atoms in total. The Morgan fingerprint density at radius 1 is 1.16 bits per heavy atom. The molecule has 0 aliphatic rings. The van der Waals surface area contributed by atoms with Crippen LogP contribution in [0.15, 0.2) is 41.3 Å². The Bertz CT molecular complexity index is 620. The van der Waals surface area contributed by atoms with E-state index in [1.54, 1.807) is 6.07 Å². The third-order valence-electron chi connectivity index (χ3n) is 2.85. The predicted octanol–water partition coefficient (Wildman–Crippen LogP) is 3.33. The number of halogens is 1. The van der Waals surface area contributed by atoms with Crippen LogP contribution in [0.25, 0.3) is 0 Å². The van der Waals surface area contributed by atoms with E-state index in [0.717, 1.165) is 16.0 Å². The van der Waals surface area contributed by atoms with E-state index in [-0.39, 0.29) is 5.75 Å². The fourth-order valence-electron chi connectivity index (χ4n) is 2.04. The lowest BCUT2D eigenvalue weighted by Crippen LogP contribution is -2.00. The van der Waals surface area contributed by atoms with Crippen molar-refractivity contribution < 1.29 is 8.60 Å². The van der Waals surface area contributed by atoms with Gasteiger partial charge in [-0.1, -0.05) is 17.7 Å². The standard InChI is InChI=1S/C15H16FNOS/c1-10-3-4-15(11(2)5-10)19(18)9-12-6-13(16)8-14(17)7-12/h3-8H,9,17H2,1-2H3. The molecule has 100 valence electrons. The van der Waals surface area contributed by atoms with Crippen LogP contribution in [0.5, 0.6) is 0 Å². The second-order valence-corrected chi connectivity index (χ2v) is 6.07. The molecule has 0 saturated heterocycles. The molecule has 2 N–H and O–H groups in total. The number of aryl methyl sites for hydroxylation is 2. The summed E-state index contributed by atoms with van der Waals surface area (Å²) < 4.78 is 25.6. The average Bonchev–Trinajstić information content (AvgIpc) is 2.26. The van der Waals surface area contributed by atoms with Crippen LogP contribution >= 0.6 is 0 Å². The van der Waals surface area contributed by atoms with Gasteiger partial charge in [0.05, 0.1) is 16.6 Å². The van der Waals surface area contributed by atoms with Crippen molar-refractivity contribution in [1.29, 1.82) is 0 Å². The third-order valence-corrected chi connectivity index (χ3v) is 4.40. The van der Waals surface area contributed by atoms with E-state index in [1.807, 2.05) is 32.0 Å². The van der Waals surface area contributed by atoms with Gasteiger partial charge in [0, 0.05) is 10.6 Å². The van der Waals surface area contributed by atoms with E-state index in [0.29, 0.717) is 11.3 Å². The smallest absolute Gasteiger partial charge is 0.125 e. The molecule has 0 amide bonds. The molecule has 2 aromatic carbocycles. The maximum atomic E-state index is 13.2. The Morgan fingerprint density at radius 2 is 1.89 bits per heavy atom. The molecular weight excluding hydrogens is 261 g/mol. The van der Waals surface area contributed by atoms with Gasteiger partial charge in [0.1, 0.15) is 5.82 Å². The summed E-state index contributed by atoms with van der Waals surface area (Å²) in [5.41, 5.74) is 8.71. The molecular formula is C15H16FNOS. The lowest BCUT2D eigenvalue weighted by Gasteiger charge is -2.08. The second kappa shape index (κ2) is 5.53. The van der Waals surface area contributed by atoms with Crippen LogP contribution in [0.2, 0.25) is 0 Å². The number of nitrogen functional groups attached to an aromatic ring is 1. The Morgan fingerprint density at radius 3 is 2.53 bits per heavy atom. The second-order valence-electron chi connectivity index (χ2n) is 4.65. The van der Waals surface area contributed by atoms with Gasteiger partial charge >= 0.3 is 0 Å². The molecule has 0 fully saturated rings. The minimum absolute atomic E-state index is 0.270. The Kier molecular flexibility index (Phi) is 4.00. The van der Waals surface area contributed by atoms with Gasteiger partial charge in [-0.2, -0.15) is 0 Å². The van der Waals surface area contributed by atoms with E-state index in [1.165, 1.54) is 12.1 Å². The monoisotopic (exact) mass is 277 g/mol. The zero-order chi connectivity index (χ0) is 14.0. The number of nitrogens with two attached hydrogens (primary N) is 1. The Hall–Kier alpha value is -1.68. The molecule has 2 rings (SSSR count). The molecule has 0 aliphatic carbocycles. The van der Waals surface area contributed by atoms with E-state index in [2.05, 4.69) is 0 Å². The highest BCUT2D eigenvalue weighted by Crippen LogP contribution is 2.19. The summed E-state index contributed by atoms with van der Waals surface area (Å²) in [5.74, 6) is -0.126.